The third-order valence-electron chi connectivity index (χ3n) is 3.12. The monoisotopic (exact) mass is 340 g/mol. The van der Waals surface area contributed by atoms with E-state index in [1.54, 1.807) is 13.2 Å². The number of benzene rings is 2. The zero-order valence-corrected chi connectivity index (χ0v) is 12.7. The van der Waals surface area contributed by atoms with Gasteiger partial charge in [0.15, 0.2) is 11.6 Å². The Kier molecular flexibility index (Phi) is 5.26. The van der Waals surface area contributed by atoms with Gasteiger partial charge in [-0.3, -0.25) is 0 Å². The van der Waals surface area contributed by atoms with E-state index in [1.807, 2.05) is 24.3 Å². The van der Waals surface area contributed by atoms with E-state index in [-0.39, 0.29) is 4.83 Å². The van der Waals surface area contributed by atoms with Crippen molar-refractivity contribution >= 4 is 15.9 Å². The lowest BCUT2D eigenvalue weighted by atomic mass is 10.0. The molecule has 0 heterocycles. The molecule has 1 unspecified atom stereocenters. The molecule has 4 heteroatoms. The molecule has 2 aromatic rings. The summed E-state index contributed by atoms with van der Waals surface area (Å²) < 4.78 is 32.0. The van der Waals surface area contributed by atoms with Crippen molar-refractivity contribution in [1.82, 2.24) is 0 Å². The average molecular weight is 341 g/mol. The Labute approximate surface area is 125 Å². The molecule has 0 aliphatic rings. The van der Waals surface area contributed by atoms with E-state index in [2.05, 4.69) is 15.9 Å². The standard InChI is InChI=1S/C16H15BrF2O/c1-20-10-9-11-5-7-12(8-6-11)15(17)13-3-2-4-14(18)16(13)19/h2-8,15H,9-10H2,1H3. The van der Waals surface area contributed by atoms with Gasteiger partial charge in [-0.15, -0.1) is 0 Å². The zero-order valence-electron chi connectivity index (χ0n) is 11.1. The molecule has 0 N–H and O–H groups in total. The zero-order chi connectivity index (χ0) is 14.5. The van der Waals surface area contributed by atoms with E-state index in [4.69, 9.17) is 4.74 Å². The maximum Gasteiger partial charge on any atom is 0.163 e. The molecule has 0 saturated heterocycles. The fourth-order valence-electron chi connectivity index (χ4n) is 1.97. The number of hydrogen-bond acceptors (Lipinski definition) is 1. The molecule has 1 nitrogen and oxygen atoms in total. The highest BCUT2D eigenvalue weighted by atomic mass is 79.9. The van der Waals surface area contributed by atoms with Gasteiger partial charge in [0.05, 0.1) is 11.4 Å². The molecule has 0 aliphatic carbocycles. The van der Waals surface area contributed by atoms with E-state index in [1.165, 1.54) is 6.07 Å². The molecule has 106 valence electrons. The number of ether oxygens (including phenoxy) is 1. The van der Waals surface area contributed by atoms with E-state index in [9.17, 15) is 8.78 Å². The molecule has 1 atom stereocenters. The van der Waals surface area contributed by atoms with Gasteiger partial charge in [0.25, 0.3) is 0 Å². The quantitative estimate of drug-likeness (QED) is 0.720. The second kappa shape index (κ2) is 6.95. The van der Waals surface area contributed by atoms with Crippen LogP contribution in [0.3, 0.4) is 0 Å². The van der Waals surface area contributed by atoms with E-state index < -0.39 is 11.6 Å². The van der Waals surface area contributed by atoms with Crippen LogP contribution in [0.5, 0.6) is 0 Å². The first-order valence-corrected chi connectivity index (χ1v) is 7.21. The molecule has 0 aromatic heterocycles. The molecular weight excluding hydrogens is 326 g/mol. The molecule has 0 spiro atoms. The lowest BCUT2D eigenvalue weighted by Crippen LogP contribution is -2.00. The molecule has 0 aliphatic heterocycles. The fraction of sp³-hybridized carbons (Fsp3) is 0.250. The summed E-state index contributed by atoms with van der Waals surface area (Å²) in [5.41, 5.74) is 2.33. The van der Waals surface area contributed by atoms with Crippen LogP contribution in [0.25, 0.3) is 0 Å². The van der Waals surface area contributed by atoms with Crippen LogP contribution in [-0.2, 0) is 11.2 Å². The number of hydrogen-bond donors (Lipinski definition) is 0. The summed E-state index contributed by atoms with van der Waals surface area (Å²) in [6.07, 6.45) is 0.831. The predicted octanol–water partition coefficient (Wildman–Crippen LogP) is 4.64. The van der Waals surface area contributed by atoms with Crippen molar-refractivity contribution in [3.8, 4) is 0 Å². The van der Waals surface area contributed by atoms with E-state index >= 15 is 0 Å². The van der Waals surface area contributed by atoms with Gasteiger partial charge in [0, 0.05) is 12.7 Å². The number of alkyl halides is 1. The third kappa shape index (κ3) is 3.44. The van der Waals surface area contributed by atoms with Gasteiger partial charge in [0.2, 0.25) is 0 Å². The molecule has 2 rings (SSSR count). The van der Waals surface area contributed by atoms with Crippen LogP contribution >= 0.6 is 15.9 Å². The first kappa shape index (κ1) is 15.1. The van der Waals surface area contributed by atoms with E-state index in [0.717, 1.165) is 23.6 Å². The van der Waals surface area contributed by atoms with Gasteiger partial charge in [-0.25, -0.2) is 8.78 Å². The summed E-state index contributed by atoms with van der Waals surface area (Å²) in [7, 11) is 1.66. The normalized spacial score (nSPS) is 12.4. The molecule has 0 bridgehead atoms. The maximum atomic E-state index is 13.8. The van der Waals surface area contributed by atoms with Crippen LogP contribution in [0.4, 0.5) is 8.78 Å². The highest BCUT2D eigenvalue weighted by molar-refractivity contribution is 9.09. The van der Waals surface area contributed by atoms with Gasteiger partial charge in [-0.05, 0) is 23.6 Å². The first-order valence-electron chi connectivity index (χ1n) is 6.29. The Morgan fingerprint density at radius 1 is 1.10 bits per heavy atom. The van der Waals surface area contributed by atoms with Crippen molar-refractivity contribution < 1.29 is 13.5 Å². The van der Waals surface area contributed by atoms with Crippen molar-refractivity contribution in [2.75, 3.05) is 13.7 Å². The summed E-state index contributed by atoms with van der Waals surface area (Å²) in [4.78, 5) is -0.366. The Balaban J connectivity index is 2.20. The Morgan fingerprint density at radius 3 is 2.45 bits per heavy atom. The Morgan fingerprint density at radius 2 is 1.80 bits per heavy atom. The predicted molar refractivity (Wildman–Crippen MR) is 79.2 cm³/mol. The number of halogens is 3. The van der Waals surface area contributed by atoms with Gasteiger partial charge in [0.1, 0.15) is 0 Å². The summed E-state index contributed by atoms with van der Waals surface area (Å²) in [5.74, 6) is -1.64. The third-order valence-corrected chi connectivity index (χ3v) is 4.14. The van der Waals surface area contributed by atoms with Crippen molar-refractivity contribution in [3.05, 3.63) is 70.8 Å². The largest absolute Gasteiger partial charge is 0.384 e. The molecule has 0 fully saturated rings. The molecular formula is C16H15BrF2O. The topological polar surface area (TPSA) is 9.23 Å². The second-order valence-corrected chi connectivity index (χ2v) is 5.41. The first-order chi connectivity index (χ1) is 9.63. The summed E-state index contributed by atoms with van der Waals surface area (Å²) in [5, 5.41) is 0. The molecule has 0 radical (unpaired) electrons. The van der Waals surface area contributed by atoms with Crippen molar-refractivity contribution in [2.45, 2.75) is 11.2 Å². The molecule has 0 amide bonds. The summed E-state index contributed by atoms with van der Waals surface area (Å²) in [6.45, 7) is 0.662. The van der Waals surface area contributed by atoms with E-state index in [0.29, 0.717) is 12.2 Å². The van der Waals surface area contributed by atoms with Gasteiger partial charge < -0.3 is 4.74 Å². The summed E-state index contributed by atoms with van der Waals surface area (Å²) >= 11 is 3.42. The van der Waals surface area contributed by atoms with Crippen molar-refractivity contribution in [3.63, 3.8) is 0 Å². The van der Waals surface area contributed by atoms with Gasteiger partial charge in [-0.1, -0.05) is 52.3 Å². The molecule has 20 heavy (non-hydrogen) atoms. The van der Waals surface area contributed by atoms with Crippen molar-refractivity contribution in [1.29, 1.82) is 0 Å². The fourth-order valence-corrected chi connectivity index (χ4v) is 2.63. The van der Waals surface area contributed by atoms with Crippen molar-refractivity contribution in [2.24, 2.45) is 0 Å². The highest BCUT2D eigenvalue weighted by Gasteiger charge is 2.17. The molecule has 0 saturated carbocycles. The lowest BCUT2D eigenvalue weighted by Gasteiger charge is -2.12. The van der Waals surface area contributed by atoms with Crippen LogP contribution in [0.2, 0.25) is 0 Å². The molecule has 2 aromatic carbocycles. The van der Waals surface area contributed by atoms with Crippen LogP contribution in [0, 0.1) is 11.6 Å². The average Bonchev–Trinajstić information content (AvgIpc) is 2.48. The smallest absolute Gasteiger partial charge is 0.163 e. The minimum absolute atomic E-state index is 0.301. The Hall–Kier alpha value is -1.26. The summed E-state index contributed by atoms with van der Waals surface area (Å²) in [6, 6.07) is 12.0. The van der Waals surface area contributed by atoms with Crippen LogP contribution < -0.4 is 0 Å². The van der Waals surface area contributed by atoms with Crippen LogP contribution in [0.15, 0.2) is 42.5 Å². The van der Waals surface area contributed by atoms with Gasteiger partial charge in [-0.2, -0.15) is 0 Å². The lowest BCUT2D eigenvalue weighted by molar-refractivity contribution is 0.202. The SMILES string of the molecule is COCCc1ccc(C(Br)c2cccc(F)c2F)cc1. The maximum absolute atomic E-state index is 13.8. The van der Waals surface area contributed by atoms with Crippen LogP contribution in [0.1, 0.15) is 21.5 Å². The minimum Gasteiger partial charge on any atom is -0.384 e. The highest BCUT2D eigenvalue weighted by Crippen LogP contribution is 2.33. The van der Waals surface area contributed by atoms with Gasteiger partial charge >= 0.3 is 0 Å². The second-order valence-electron chi connectivity index (χ2n) is 4.49. The van der Waals surface area contributed by atoms with Crippen LogP contribution in [-0.4, -0.2) is 13.7 Å². The number of methoxy groups -OCH3 is 1. The minimum atomic E-state index is -0.830. The number of rotatable bonds is 5. The Bertz CT molecular complexity index is 569.